The number of nitrogens with zero attached hydrogens (tertiary/aromatic N) is 2. The highest BCUT2D eigenvalue weighted by Gasteiger charge is 2.52. The number of hydrogen-bond donors (Lipinski definition) is 11. The summed E-state index contributed by atoms with van der Waals surface area (Å²) in [5, 5.41) is 114. The lowest BCUT2D eigenvalue weighted by molar-refractivity contribution is -0.333. The van der Waals surface area contributed by atoms with Crippen molar-refractivity contribution < 1.29 is 79.9 Å². The predicted molar refractivity (Wildman–Crippen MR) is 147 cm³/mol. The Morgan fingerprint density at radius 1 is 0.783 bits per heavy atom. The number of aliphatic hydroxyl groups excluding tert-OH is 10. The standard InChI is InChI=1S/C28H38N2O16/c31-9-14-18(34)20(36)22(38)27(45-14)44-11-15-19(35)21(37)23(39)26(46-15)43-10-13(32)17(33)25(41)28(42,16-6-2-4-8-30-16)24(40)12-5-1-3-7-29-12/h1-8,13-15,17-23,25-27,31-39,41-42H,9-11H2/t13-,14-,15-,17-,18?,19-,20?,21+,22?,23?,25+,26+,27+,28+/m1/s1. The number of aliphatic hydroxyl groups is 11. The van der Waals surface area contributed by atoms with Crippen molar-refractivity contribution in [3.05, 3.63) is 60.2 Å². The number of hydrogen-bond acceptors (Lipinski definition) is 18. The van der Waals surface area contributed by atoms with Crippen LogP contribution in [0.3, 0.4) is 0 Å². The number of ketones is 1. The number of carbonyl (C=O) groups excluding carboxylic acids is 1. The minimum absolute atomic E-state index is 0.282. The molecule has 2 aliphatic heterocycles. The Morgan fingerprint density at radius 2 is 1.35 bits per heavy atom. The van der Waals surface area contributed by atoms with Gasteiger partial charge in [-0.3, -0.25) is 14.8 Å². The van der Waals surface area contributed by atoms with Crippen LogP contribution in [-0.2, 0) is 24.5 Å². The van der Waals surface area contributed by atoms with E-state index in [1.165, 1.54) is 48.8 Å². The van der Waals surface area contributed by atoms with Crippen molar-refractivity contribution >= 4 is 5.78 Å². The SMILES string of the molecule is O=C(c1ccccn1)[C@@](O)(c1ccccn1)[C@@H](O)[C@H](O)[C@H](O)CO[C@H]1O[C@H](CO[C@H]2O[C@H](CO)C(O)C(O)C2O)[C@@H](O)[C@H](O)C1O. The van der Waals surface area contributed by atoms with Crippen LogP contribution in [0.1, 0.15) is 16.2 Å². The second-order valence-electron chi connectivity index (χ2n) is 10.9. The smallest absolute Gasteiger partial charge is 0.221 e. The molecule has 2 fully saturated rings. The molecule has 0 bridgehead atoms. The van der Waals surface area contributed by atoms with Gasteiger partial charge >= 0.3 is 0 Å². The Kier molecular flexibility index (Phi) is 12.2. The molecule has 14 atom stereocenters. The molecule has 2 aromatic rings. The molecule has 2 aromatic heterocycles. The highest BCUT2D eigenvalue weighted by atomic mass is 16.7. The fraction of sp³-hybridized carbons (Fsp3) is 0.607. The molecule has 256 valence electrons. The third-order valence-corrected chi connectivity index (χ3v) is 7.82. The molecule has 0 spiro atoms. The second kappa shape index (κ2) is 15.5. The molecule has 0 radical (unpaired) electrons. The van der Waals surface area contributed by atoms with Gasteiger partial charge in [0.1, 0.15) is 72.8 Å². The molecular formula is C28H38N2O16. The van der Waals surface area contributed by atoms with Gasteiger partial charge in [-0.1, -0.05) is 12.1 Å². The van der Waals surface area contributed by atoms with E-state index in [0.717, 1.165) is 0 Å². The van der Waals surface area contributed by atoms with Gasteiger partial charge in [0.2, 0.25) is 5.78 Å². The number of rotatable bonds is 13. The maximum absolute atomic E-state index is 13.3. The van der Waals surface area contributed by atoms with E-state index in [1.807, 2.05) is 0 Å². The number of ether oxygens (including phenoxy) is 4. The average Bonchev–Trinajstić information content (AvgIpc) is 3.08. The summed E-state index contributed by atoms with van der Waals surface area (Å²) in [5.74, 6) is -1.14. The van der Waals surface area contributed by atoms with Crippen molar-refractivity contribution in [3.63, 3.8) is 0 Å². The van der Waals surface area contributed by atoms with Crippen molar-refractivity contribution in [2.75, 3.05) is 19.8 Å². The van der Waals surface area contributed by atoms with Crippen molar-refractivity contribution in [1.29, 1.82) is 0 Å². The number of aromatic nitrogens is 2. The van der Waals surface area contributed by atoms with Gasteiger partial charge in [-0.05, 0) is 24.3 Å². The molecule has 0 aromatic carbocycles. The van der Waals surface area contributed by atoms with E-state index in [4.69, 9.17) is 18.9 Å². The van der Waals surface area contributed by atoms with Crippen LogP contribution in [0.5, 0.6) is 0 Å². The molecule has 46 heavy (non-hydrogen) atoms. The highest BCUT2D eigenvalue weighted by molar-refractivity contribution is 6.01. The zero-order chi connectivity index (χ0) is 33.8. The van der Waals surface area contributed by atoms with Gasteiger partial charge in [0, 0.05) is 12.4 Å². The molecule has 4 heterocycles. The second-order valence-corrected chi connectivity index (χ2v) is 10.9. The van der Waals surface area contributed by atoms with Crippen molar-refractivity contribution in [1.82, 2.24) is 9.97 Å². The minimum atomic E-state index is -2.90. The van der Waals surface area contributed by atoms with Gasteiger partial charge < -0.3 is 75.1 Å². The third kappa shape index (κ3) is 7.41. The Labute approximate surface area is 261 Å². The van der Waals surface area contributed by atoms with E-state index < -0.39 is 111 Å². The molecule has 4 unspecified atom stereocenters. The Morgan fingerprint density at radius 3 is 1.91 bits per heavy atom. The first-order valence-corrected chi connectivity index (χ1v) is 14.2. The Balaban J connectivity index is 1.42. The highest BCUT2D eigenvalue weighted by Crippen LogP contribution is 2.31. The quantitative estimate of drug-likeness (QED) is 0.0893. The fourth-order valence-electron chi connectivity index (χ4n) is 5.02. The van der Waals surface area contributed by atoms with Crippen LogP contribution in [0.25, 0.3) is 0 Å². The Hall–Kier alpha value is -2.63. The summed E-state index contributed by atoms with van der Waals surface area (Å²) in [6.07, 6.45) is -21.2. The van der Waals surface area contributed by atoms with Crippen LogP contribution in [0.15, 0.2) is 48.8 Å². The molecule has 0 amide bonds. The monoisotopic (exact) mass is 658 g/mol. The van der Waals surface area contributed by atoms with Crippen molar-refractivity contribution in [2.45, 2.75) is 85.3 Å². The van der Waals surface area contributed by atoms with E-state index in [2.05, 4.69) is 9.97 Å². The number of pyridine rings is 2. The van der Waals surface area contributed by atoms with Crippen molar-refractivity contribution in [3.8, 4) is 0 Å². The summed E-state index contributed by atoms with van der Waals surface area (Å²) >= 11 is 0. The first-order chi connectivity index (χ1) is 21.8. The first-order valence-electron chi connectivity index (χ1n) is 14.2. The van der Waals surface area contributed by atoms with Gasteiger partial charge in [-0.15, -0.1) is 0 Å². The molecule has 4 rings (SSSR count). The molecule has 0 aliphatic carbocycles. The van der Waals surface area contributed by atoms with Gasteiger partial charge in [-0.2, -0.15) is 0 Å². The zero-order valence-corrected chi connectivity index (χ0v) is 24.1. The molecular weight excluding hydrogens is 620 g/mol. The van der Waals surface area contributed by atoms with Crippen molar-refractivity contribution in [2.24, 2.45) is 0 Å². The van der Waals surface area contributed by atoms with Crippen LogP contribution >= 0.6 is 0 Å². The molecule has 18 heteroatoms. The predicted octanol–water partition coefficient (Wildman–Crippen LogP) is -5.73. The lowest BCUT2D eigenvalue weighted by atomic mass is 9.82. The van der Waals surface area contributed by atoms with Gasteiger partial charge in [-0.25, -0.2) is 0 Å². The maximum Gasteiger partial charge on any atom is 0.221 e. The maximum atomic E-state index is 13.3. The summed E-state index contributed by atoms with van der Waals surface area (Å²) in [4.78, 5) is 21.1. The summed E-state index contributed by atoms with van der Waals surface area (Å²) in [6, 6.07) is 8.32. The summed E-state index contributed by atoms with van der Waals surface area (Å²) in [7, 11) is 0. The molecule has 11 N–H and O–H groups in total. The van der Waals surface area contributed by atoms with E-state index in [9.17, 15) is 61.0 Å². The number of Topliss-reactive ketones (excluding diaryl/α,β-unsaturated/α-hetero) is 1. The average molecular weight is 659 g/mol. The van der Waals surface area contributed by atoms with Gasteiger partial charge in [0.05, 0.1) is 25.5 Å². The minimum Gasteiger partial charge on any atom is -0.394 e. The summed E-state index contributed by atoms with van der Waals surface area (Å²) in [6.45, 7) is -2.29. The molecule has 2 aliphatic rings. The van der Waals surface area contributed by atoms with Crippen LogP contribution in [0, 0.1) is 0 Å². The van der Waals surface area contributed by atoms with Gasteiger partial charge in [0.15, 0.2) is 18.2 Å². The van der Waals surface area contributed by atoms with Gasteiger partial charge in [0.25, 0.3) is 0 Å². The van der Waals surface area contributed by atoms with E-state index in [1.54, 1.807) is 0 Å². The fourth-order valence-corrected chi connectivity index (χ4v) is 5.02. The van der Waals surface area contributed by atoms with Crippen LogP contribution in [-0.4, -0.2) is 171 Å². The zero-order valence-electron chi connectivity index (χ0n) is 24.1. The normalized spacial score (nSPS) is 35.1. The van der Waals surface area contributed by atoms with E-state index >= 15 is 0 Å². The molecule has 0 saturated carbocycles. The van der Waals surface area contributed by atoms with Crippen LogP contribution < -0.4 is 0 Å². The summed E-state index contributed by atoms with van der Waals surface area (Å²) < 4.78 is 21.3. The molecule has 2 saturated heterocycles. The lowest BCUT2D eigenvalue weighted by Gasteiger charge is -2.43. The number of carbonyl (C=O) groups is 1. The van der Waals surface area contributed by atoms with E-state index in [0.29, 0.717) is 0 Å². The van der Waals surface area contributed by atoms with Crippen LogP contribution in [0.4, 0.5) is 0 Å². The van der Waals surface area contributed by atoms with Crippen LogP contribution in [0.2, 0.25) is 0 Å². The largest absolute Gasteiger partial charge is 0.394 e. The third-order valence-electron chi connectivity index (χ3n) is 7.82. The topological polar surface area (TPSA) is 302 Å². The Bertz CT molecular complexity index is 1250. The first kappa shape index (κ1) is 36.2. The molecule has 18 nitrogen and oxygen atoms in total. The van der Waals surface area contributed by atoms with E-state index in [-0.39, 0.29) is 11.4 Å². The lowest BCUT2D eigenvalue weighted by Crippen LogP contribution is -2.62. The summed E-state index contributed by atoms with van der Waals surface area (Å²) in [5.41, 5.74) is -3.55.